The molecule has 1 aromatic carbocycles. The van der Waals surface area contributed by atoms with Crippen LogP contribution in [0.2, 0.25) is 0 Å². The van der Waals surface area contributed by atoms with Crippen molar-refractivity contribution in [2.45, 2.75) is 25.3 Å². The van der Waals surface area contributed by atoms with E-state index in [0.717, 1.165) is 14.3 Å². The van der Waals surface area contributed by atoms with Gasteiger partial charge in [-0.15, -0.1) is 0 Å². The number of carboxylic acid groups (broad SMARTS) is 1. The van der Waals surface area contributed by atoms with E-state index in [0.29, 0.717) is 18.5 Å². The van der Waals surface area contributed by atoms with Crippen LogP contribution in [0.4, 0.5) is 5.69 Å². The molecule has 0 aliphatic carbocycles. The van der Waals surface area contributed by atoms with Crippen LogP contribution in [0.15, 0.2) is 24.3 Å². The molecular formula is C12H15IN2O4S. The lowest BCUT2D eigenvalue weighted by molar-refractivity contribution is -0.142. The summed E-state index contributed by atoms with van der Waals surface area (Å²) in [4.78, 5) is 11.2. The third-order valence-electron chi connectivity index (χ3n) is 3.12. The molecule has 20 heavy (non-hydrogen) atoms. The van der Waals surface area contributed by atoms with E-state index in [1.807, 2.05) is 6.07 Å². The van der Waals surface area contributed by atoms with Gasteiger partial charge in [0.15, 0.2) is 0 Å². The summed E-state index contributed by atoms with van der Waals surface area (Å²) in [7, 11) is -3.85. The van der Waals surface area contributed by atoms with Gasteiger partial charge in [-0.25, -0.2) is 0 Å². The quantitative estimate of drug-likeness (QED) is 0.743. The van der Waals surface area contributed by atoms with Crippen molar-refractivity contribution in [1.82, 2.24) is 4.31 Å². The molecule has 1 atom stereocenters. The lowest BCUT2D eigenvalue weighted by Gasteiger charge is -2.31. The molecule has 6 nitrogen and oxygen atoms in total. The van der Waals surface area contributed by atoms with Gasteiger partial charge in [0, 0.05) is 10.1 Å². The maximum Gasteiger partial charge on any atom is 0.322 e. The minimum Gasteiger partial charge on any atom is -0.480 e. The maximum atomic E-state index is 12.3. The summed E-state index contributed by atoms with van der Waals surface area (Å²) in [6.07, 6.45) is 1.76. The Morgan fingerprint density at radius 2 is 2.15 bits per heavy atom. The largest absolute Gasteiger partial charge is 0.480 e. The number of carboxylic acids is 1. The second-order valence-corrected chi connectivity index (χ2v) is 7.45. The van der Waals surface area contributed by atoms with Crippen molar-refractivity contribution in [2.75, 3.05) is 11.3 Å². The van der Waals surface area contributed by atoms with Crippen LogP contribution < -0.4 is 4.72 Å². The SMILES string of the molecule is O=C(O)C1CCCCN1S(=O)(=O)Nc1cccc(I)c1. The monoisotopic (exact) mass is 410 g/mol. The first-order chi connectivity index (χ1) is 9.40. The predicted molar refractivity (Wildman–Crippen MR) is 83.7 cm³/mol. The Bertz CT molecular complexity index is 605. The maximum absolute atomic E-state index is 12.3. The van der Waals surface area contributed by atoms with Crippen molar-refractivity contribution in [3.8, 4) is 0 Å². The van der Waals surface area contributed by atoms with E-state index >= 15 is 0 Å². The molecule has 1 unspecified atom stereocenters. The first-order valence-electron chi connectivity index (χ1n) is 6.18. The number of halogens is 1. The number of aliphatic carboxylic acids is 1. The zero-order chi connectivity index (χ0) is 14.8. The number of piperidine rings is 1. The van der Waals surface area contributed by atoms with Gasteiger partial charge in [0.2, 0.25) is 0 Å². The molecule has 1 fully saturated rings. The Morgan fingerprint density at radius 1 is 1.40 bits per heavy atom. The standard InChI is InChI=1S/C12H15IN2O4S/c13-9-4-3-5-10(8-9)14-20(18,19)15-7-2-1-6-11(15)12(16)17/h3-5,8,11,14H,1-2,6-7H2,(H,16,17). The number of hydrogen-bond acceptors (Lipinski definition) is 3. The lowest BCUT2D eigenvalue weighted by atomic mass is 10.1. The Hall–Kier alpha value is -0.870. The topological polar surface area (TPSA) is 86.7 Å². The van der Waals surface area contributed by atoms with Crippen molar-refractivity contribution < 1.29 is 18.3 Å². The fourth-order valence-electron chi connectivity index (χ4n) is 2.20. The molecule has 0 bridgehead atoms. The number of rotatable bonds is 4. The molecule has 1 aliphatic rings. The van der Waals surface area contributed by atoms with Crippen LogP contribution >= 0.6 is 22.6 Å². The zero-order valence-electron chi connectivity index (χ0n) is 10.6. The van der Waals surface area contributed by atoms with Crippen molar-refractivity contribution in [3.63, 3.8) is 0 Å². The molecule has 0 amide bonds. The second-order valence-electron chi connectivity index (χ2n) is 4.58. The zero-order valence-corrected chi connectivity index (χ0v) is 13.6. The molecule has 0 radical (unpaired) electrons. The van der Waals surface area contributed by atoms with Gasteiger partial charge in [-0.05, 0) is 60.1 Å². The third kappa shape index (κ3) is 3.61. The summed E-state index contributed by atoms with van der Waals surface area (Å²) in [5.41, 5.74) is 0.437. The molecule has 2 N–H and O–H groups in total. The normalized spacial score (nSPS) is 20.6. The summed E-state index contributed by atoms with van der Waals surface area (Å²) in [6, 6.07) is 5.94. The highest BCUT2D eigenvalue weighted by Gasteiger charge is 2.36. The van der Waals surface area contributed by atoms with Crippen LogP contribution in [0.3, 0.4) is 0 Å². The number of hydrogen-bond donors (Lipinski definition) is 2. The summed E-state index contributed by atoms with van der Waals surface area (Å²) in [6.45, 7) is 0.232. The molecule has 0 spiro atoms. The van der Waals surface area contributed by atoms with Crippen molar-refractivity contribution in [2.24, 2.45) is 0 Å². The van der Waals surface area contributed by atoms with E-state index in [2.05, 4.69) is 27.3 Å². The molecule has 8 heteroatoms. The second kappa shape index (κ2) is 6.27. The molecule has 1 saturated heterocycles. The van der Waals surface area contributed by atoms with Crippen LogP contribution in [-0.2, 0) is 15.0 Å². The van der Waals surface area contributed by atoms with Crippen LogP contribution in [0.25, 0.3) is 0 Å². The number of carbonyl (C=O) groups is 1. The van der Waals surface area contributed by atoms with E-state index in [4.69, 9.17) is 5.11 Å². The Balaban J connectivity index is 2.22. The molecule has 0 aromatic heterocycles. The van der Waals surface area contributed by atoms with Gasteiger partial charge in [-0.1, -0.05) is 6.07 Å². The Kier molecular flexibility index (Phi) is 4.86. The first-order valence-corrected chi connectivity index (χ1v) is 8.70. The minimum absolute atomic E-state index is 0.232. The van der Waals surface area contributed by atoms with Crippen LogP contribution in [0.5, 0.6) is 0 Å². The summed E-state index contributed by atoms with van der Waals surface area (Å²) < 4.78 is 29.0. The fraction of sp³-hybridized carbons (Fsp3) is 0.417. The third-order valence-corrected chi connectivity index (χ3v) is 5.34. The molecule has 1 aliphatic heterocycles. The lowest BCUT2D eigenvalue weighted by Crippen LogP contribution is -2.49. The van der Waals surface area contributed by atoms with Gasteiger partial charge in [0.1, 0.15) is 6.04 Å². The minimum atomic E-state index is -3.85. The predicted octanol–water partition coefficient (Wildman–Crippen LogP) is 1.89. The van der Waals surface area contributed by atoms with Crippen LogP contribution in [0, 0.1) is 3.57 Å². The van der Waals surface area contributed by atoms with E-state index < -0.39 is 22.2 Å². The fourth-order valence-corrected chi connectivity index (χ4v) is 4.18. The molecular weight excluding hydrogens is 395 g/mol. The molecule has 1 aromatic rings. The van der Waals surface area contributed by atoms with Gasteiger partial charge in [0.25, 0.3) is 0 Å². The van der Waals surface area contributed by atoms with Crippen molar-refractivity contribution in [1.29, 1.82) is 0 Å². The highest BCUT2D eigenvalue weighted by Crippen LogP contribution is 2.23. The summed E-state index contributed by atoms with van der Waals surface area (Å²) in [5.74, 6) is -1.10. The van der Waals surface area contributed by atoms with Crippen LogP contribution in [0.1, 0.15) is 19.3 Å². The number of anilines is 1. The number of nitrogens with zero attached hydrogens (tertiary/aromatic N) is 1. The van der Waals surface area contributed by atoms with Gasteiger partial charge in [-0.3, -0.25) is 9.52 Å². The van der Waals surface area contributed by atoms with Gasteiger partial charge >= 0.3 is 16.2 Å². The van der Waals surface area contributed by atoms with Gasteiger partial charge < -0.3 is 5.11 Å². The van der Waals surface area contributed by atoms with Crippen molar-refractivity contribution >= 4 is 44.5 Å². The highest BCUT2D eigenvalue weighted by molar-refractivity contribution is 14.1. The molecule has 1 heterocycles. The van der Waals surface area contributed by atoms with E-state index in [-0.39, 0.29) is 6.54 Å². The average Bonchev–Trinajstić information content (AvgIpc) is 2.38. The summed E-state index contributed by atoms with van der Waals surface area (Å²) in [5, 5.41) is 9.15. The van der Waals surface area contributed by atoms with Gasteiger partial charge in [-0.2, -0.15) is 12.7 Å². The smallest absolute Gasteiger partial charge is 0.322 e. The molecule has 110 valence electrons. The van der Waals surface area contributed by atoms with Crippen LogP contribution in [-0.4, -0.2) is 36.4 Å². The highest BCUT2D eigenvalue weighted by atomic mass is 127. The molecule has 0 saturated carbocycles. The number of nitrogens with one attached hydrogen (secondary N) is 1. The Labute approximate surface area is 131 Å². The van der Waals surface area contributed by atoms with Crippen molar-refractivity contribution in [3.05, 3.63) is 27.8 Å². The van der Waals surface area contributed by atoms with E-state index in [9.17, 15) is 13.2 Å². The molecule has 2 rings (SSSR count). The van der Waals surface area contributed by atoms with Gasteiger partial charge in [0.05, 0.1) is 5.69 Å². The first kappa shape index (κ1) is 15.5. The summed E-state index contributed by atoms with van der Waals surface area (Å²) >= 11 is 2.08. The van der Waals surface area contributed by atoms with E-state index in [1.165, 1.54) is 0 Å². The number of benzene rings is 1. The average molecular weight is 410 g/mol. The van der Waals surface area contributed by atoms with E-state index in [1.54, 1.807) is 18.2 Å². The Morgan fingerprint density at radius 3 is 2.80 bits per heavy atom.